The lowest BCUT2D eigenvalue weighted by molar-refractivity contribution is 0.0695. The van der Waals surface area contributed by atoms with Crippen LogP contribution in [0.4, 0.5) is 5.69 Å². The fourth-order valence-electron chi connectivity index (χ4n) is 1.33. The standard InChI is InChI=1S/C9H11NO2/c1-5-3-7(10)4-6(2)8(5)9(11)12/h3-4H,10H2,1-2H3,(H,11,12). The highest BCUT2D eigenvalue weighted by Gasteiger charge is 2.10. The van der Waals surface area contributed by atoms with E-state index in [1.165, 1.54) is 0 Å². The topological polar surface area (TPSA) is 63.3 Å². The molecule has 1 rings (SSSR count). The smallest absolute Gasteiger partial charge is 0.336 e. The van der Waals surface area contributed by atoms with Crippen molar-refractivity contribution in [2.45, 2.75) is 13.8 Å². The summed E-state index contributed by atoms with van der Waals surface area (Å²) in [5.41, 5.74) is 7.91. The van der Waals surface area contributed by atoms with Gasteiger partial charge in [0.05, 0.1) is 5.56 Å². The molecule has 1 aromatic carbocycles. The van der Waals surface area contributed by atoms with E-state index in [9.17, 15) is 4.79 Å². The molecule has 0 saturated carbocycles. The Labute approximate surface area is 70.8 Å². The van der Waals surface area contributed by atoms with Crippen molar-refractivity contribution < 1.29 is 9.90 Å². The fourth-order valence-corrected chi connectivity index (χ4v) is 1.33. The molecule has 0 amide bonds. The van der Waals surface area contributed by atoms with Gasteiger partial charge in [0.15, 0.2) is 0 Å². The van der Waals surface area contributed by atoms with Gasteiger partial charge in [-0.15, -0.1) is 0 Å². The van der Waals surface area contributed by atoms with E-state index in [-0.39, 0.29) is 0 Å². The van der Waals surface area contributed by atoms with Crippen LogP contribution >= 0.6 is 0 Å². The molecule has 3 heteroatoms. The Morgan fingerprint density at radius 3 is 2.08 bits per heavy atom. The van der Waals surface area contributed by atoms with Crippen LogP contribution in [0, 0.1) is 13.8 Å². The Kier molecular flexibility index (Phi) is 2.04. The second-order valence-electron chi connectivity index (χ2n) is 2.83. The minimum Gasteiger partial charge on any atom is -0.478 e. The zero-order chi connectivity index (χ0) is 9.30. The molecule has 0 aliphatic carbocycles. The van der Waals surface area contributed by atoms with Gasteiger partial charge in [0, 0.05) is 5.69 Å². The molecule has 0 spiro atoms. The molecular formula is C9H11NO2. The molecule has 64 valence electrons. The van der Waals surface area contributed by atoms with Crippen molar-refractivity contribution >= 4 is 11.7 Å². The first kappa shape index (κ1) is 8.59. The molecule has 0 heterocycles. The van der Waals surface area contributed by atoms with Gasteiger partial charge in [-0.1, -0.05) is 0 Å². The van der Waals surface area contributed by atoms with Gasteiger partial charge in [0.1, 0.15) is 0 Å². The van der Waals surface area contributed by atoms with Crippen LogP contribution in [0.2, 0.25) is 0 Å². The Morgan fingerprint density at radius 1 is 1.33 bits per heavy atom. The van der Waals surface area contributed by atoms with Gasteiger partial charge in [-0.25, -0.2) is 4.79 Å². The van der Waals surface area contributed by atoms with Gasteiger partial charge >= 0.3 is 5.97 Å². The van der Waals surface area contributed by atoms with Crippen molar-refractivity contribution in [1.82, 2.24) is 0 Å². The minimum atomic E-state index is -0.898. The first-order valence-electron chi connectivity index (χ1n) is 3.62. The van der Waals surface area contributed by atoms with Crippen LogP contribution in [0.5, 0.6) is 0 Å². The number of nitrogens with two attached hydrogens (primary N) is 1. The van der Waals surface area contributed by atoms with E-state index < -0.39 is 5.97 Å². The molecular weight excluding hydrogens is 154 g/mol. The van der Waals surface area contributed by atoms with E-state index in [4.69, 9.17) is 10.8 Å². The third-order valence-corrected chi connectivity index (χ3v) is 1.77. The van der Waals surface area contributed by atoms with E-state index in [0.29, 0.717) is 22.4 Å². The first-order valence-corrected chi connectivity index (χ1v) is 3.62. The monoisotopic (exact) mass is 165 g/mol. The first-order chi connectivity index (χ1) is 5.52. The Bertz CT molecular complexity index is 308. The number of anilines is 1. The molecule has 0 aliphatic heterocycles. The van der Waals surface area contributed by atoms with E-state index in [0.717, 1.165) is 0 Å². The predicted octanol–water partition coefficient (Wildman–Crippen LogP) is 1.58. The number of hydrogen-bond donors (Lipinski definition) is 2. The van der Waals surface area contributed by atoms with E-state index >= 15 is 0 Å². The zero-order valence-corrected chi connectivity index (χ0v) is 7.09. The number of aromatic carboxylic acids is 1. The molecule has 0 radical (unpaired) electrons. The van der Waals surface area contributed by atoms with Crippen LogP contribution in [-0.4, -0.2) is 11.1 Å². The molecule has 0 fully saturated rings. The zero-order valence-electron chi connectivity index (χ0n) is 7.09. The molecule has 3 N–H and O–H groups in total. The van der Waals surface area contributed by atoms with E-state index in [1.807, 2.05) is 0 Å². The summed E-state index contributed by atoms with van der Waals surface area (Å²) in [4.78, 5) is 10.7. The van der Waals surface area contributed by atoms with Crippen LogP contribution in [0.15, 0.2) is 12.1 Å². The van der Waals surface area contributed by atoms with Crippen LogP contribution in [0.25, 0.3) is 0 Å². The summed E-state index contributed by atoms with van der Waals surface area (Å²) >= 11 is 0. The van der Waals surface area contributed by atoms with Crippen LogP contribution in [0.3, 0.4) is 0 Å². The van der Waals surface area contributed by atoms with Gasteiger partial charge in [0.25, 0.3) is 0 Å². The number of aryl methyl sites for hydroxylation is 2. The summed E-state index contributed by atoms with van der Waals surface area (Å²) < 4.78 is 0. The van der Waals surface area contributed by atoms with Crippen LogP contribution in [-0.2, 0) is 0 Å². The van der Waals surface area contributed by atoms with Crippen molar-refractivity contribution in [3.05, 3.63) is 28.8 Å². The highest BCUT2D eigenvalue weighted by Crippen LogP contribution is 2.17. The highest BCUT2D eigenvalue weighted by molar-refractivity contribution is 5.91. The van der Waals surface area contributed by atoms with Crippen molar-refractivity contribution in [2.24, 2.45) is 0 Å². The quantitative estimate of drug-likeness (QED) is 0.621. The van der Waals surface area contributed by atoms with Gasteiger partial charge in [0.2, 0.25) is 0 Å². The summed E-state index contributed by atoms with van der Waals surface area (Å²) in [6.07, 6.45) is 0. The average Bonchev–Trinajstić information content (AvgIpc) is 1.82. The van der Waals surface area contributed by atoms with Crippen molar-refractivity contribution in [3.8, 4) is 0 Å². The number of nitrogen functional groups attached to an aromatic ring is 1. The molecule has 0 atom stereocenters. The van der Waals surface area contributed by atoms with E-state index in [2.05, 4.69) is 0 Å². The normalized spacial score (nSPS) is 9.83. The molecule has 0 bridgehead atoms. The Hall–Kier alpha value is -1.51. The average molecular weight is 165 g/mol. The van der Waals surface area contributed by atoms with Gasteiger partial charge in [-0.3, -0.25) is 0 Å². The number of carboxylic acids is 1. The summed E-state index contributed by atoms with van der Waals surface area (Å²) in [7, 11) is 0. The number of carboxylic acid groups (broad SMARTS) is 1. The van der Waals surface area contributed by atoms with Crippen molar-refractivity contribution in [2.75, 3.05) is 5.73 Å². The fraction of sp³-hybridized carbons (Fsp3) is 0.222. The molecule has 0 aromatic heterocycles. The summed E-state index contributed by atoms with van der Waals surface area (Å²) in [5.74, 6) is -0.898. The Morgan fingerprint density at radius 2 is 1.75 bits per heavy atom. The second kappa shape index (κ2) is 2.85. The summed E-state index contributed by atoms with van der Waals surface area (Å²) in [6, 6.07) is 3.33. The number of hydrogen-bond acceptors (Lipinski definition) is 2. The molecule has 3 nitrogen and oxygen atoms in total. The molecule has 0 aliphatic rings. The largest absolute Gasteiger partial charge is 0.478 e. The minimum absolute atomic E-state index is 0.351. The van der Waals surface area contributed by atoms with Gasteiger partial charge < -0.3 is 10.8 Å². The third-order valence-electron chi connectivity index (χ3n) is 1.77. The molecule has 0 saturated heterocycles. The third kappa shape index (κ3) is 1.39. The van der Waals surface area contributed by atoms with Crippen molar-refractivity contribution in [3.63, 3.8) is 0 Å². The predicted molar refractivity (Wildman–Crippen MR) is 47.3 cm³/mol. The van der Waals surface area contributed by atoms with Crippen LogP contribution < -0.4 is 5.73 Å². The number of rotatable bonds is 1. The molecule has 1 aromatic rings. The maximum absolute atomic E-state index is 10.7. The summed E-state index contributed by atoms with van der Waals surface area (Å²) in [5, 5.41) is 8.80. The molecule has 12 heavy (non-hydrogen) atoms. The maximum Gasteiger partial charge on any atom is 0.336 e. The number of benzene rings is 1. The van der Waals surface area contributed by atoms with E-state index in [1.54, 1.807) is 26.0 Å². The lowest BCUT2D eigenvalue weighted by Crippen LogP contribution is -2.03. The lowest BCUT2D eigenvalue weighted by atomic mass is 10.0. The SMILES string of the molecule is Cc1cc(N)cc(C)c1C(=O)O. The Balaban J connectivity index is 3.38. The highest BCUT2D eigenvalue weighted by atomic mass is 16.4. The van der Waals surface area contributed by atoms with Gasteiger partial charge in [-0.2, -0.15) is 0 Å². The summed E-state index contributed by atoms with van der Waals surface area (Å²) in [6.45, 7) is 3.49. The van der Waals surface area contributed by atoms with Crippen molar-refractivity contribution in [1.29, 1.82) is 0 Å². The van der Waals surface area contributed by atoms with Gasteiger partial charge in [-0.05, 0) is 37.1 Å². The molecule has 0 unspecified atom stereocenters. The van der Waals surface area contributed by atoms with Crippen LogP contribution in [0.1, 0.15) is 21.5 Å². The maximum atomic E-state index is 10.7. The number of carbonyl (C=O) groups is 1. The second-order valence-corrected chi connectivity index (χ2v) is 2.83. The lowest BCUT2D eigenvalue weighted by Gasteiger charge is -2.05.